The summed E-state index contributed by atoms with van der Waals surface area (Å²) in [7, 11) is 0. The van der Waals surface area contributed by atoms with Crippen LogP contribution in [0.1, 0.15) is 16.2 Å². The molecule has 6 heteroatoms. The number of aromatic nitrogens is 2. The summed E-state index contributed by atoms with van der Waals surface area (Å²) in [6, 6.07) is 0. The number of carbonyl (C=O) groups is 1. The molecular formula is C8H6N2O2S2. The summed E-state index contributed by atoms with van der Waals surface area (Å²) in [4.78, 5) is 19.6. The van der Waals surface area contributed by atoms with Crippen LogP contribution in [0.2, 0.25) is 0 Å². The van der Waals surface area contributed by atoms with Crippen LogP contribution in [0.25, 0.3) is 9.88 Å². The van der Waals surface area contributed by atoms with Gasteiger partial charge in [-0.15, -0.1) is 22.7 Å². The first-order valence-corrected chi connectivity index (χ1v) is 5.53. The van der Waals surface area contributed by atoms with Crippen molar-refractivity contribution >= 4 is 28.6 Å². The van der Waals surface area contributed by atoms with Crippen LogP contribution in [0.5, 0.6) is 0 Å². The van der Waals surface area contributed by atoms with Gasteiger partial charge >= 0.3 is 5.97 Å². The van der Waals surface area contributed by atoms with Gasteiger partial charge in [0, 0.05) is 5.38 Å². The van der Waals surface area contributed by atoms with E-state index in [9.17, 15) is 4.79 Å². The van der Waals surface area contributed by atoms with Gasteiger partial charge in [-0.3, -0.25) is 0 Å². The molecule has 0 atom stereocenters. The van der Waals surface area contributed by atoms with E-state index >= 15 is 0 Å². The molecule has 14 heavy (non-hydrogen) atoms. The maximum atomic E-state index is 10.6. The molecule has 0 unspecified atom stereocenters. The molecule has 0 saturated heterocycles. The number of carboxylic acids is 1. The third-order valence-corrected chi connectivity index (χ3v) is 3.59. The van der Waals surface area contributed by atoms with Crippen LogP contribution in [0.3, 0.4) is 0 Å². The van der Waals surface area contributed by atoms with E-state index in [4.69, 9.17) is 5.11 Å². The minimum absolute atomic E-state index is 0.0952. The maximum Gasteiger partial charge on any atom is 0.355 e. The summed E-state index contributed by atoms with van der Waals surface area (Å²) >= 11 is 2.80. The molecule has 0 spiro atoms. The van der Waals surface area contributed by atoms with Gasteiger partial charge in [0.1, 0.15) is 5.01 Å². The third kappa shape index (κ3) is 1.53. The van der Waals surface area contributed by atoms with Crippen LogP contribution in [0.4, 0.5) is 0 Å². The number of aryl methyl sites for hydroxylation is 1. The minimum Gasteiger partial charge on any atom is -0.476 e. The van der Waals surface area contributed by atoms with Crippen molar-refractivity contribution in [3.63, 3.8) is 0 Å². The number of aromatic carboxylic acids is 1. The average molecular weight is 226 g/mol. The Kier molecular flexibility index (Phi) is 2.30. The maximum absolute atomic E-state index is 10.6. The Morgan fingerprint density at radius 2 is 2.29 bits per heavy atom. The quantitative estimate of drug-likeness (QED) is 0.853. The van der Waals surface area contributed by atoms with E-state index in [0.717, 1.165) is 15.6 Å². The highest BCUT2D eigenvalue weighted by molar-refractivity contribution is 7.20. The monoisotopic (exact) mass is 226 g/mol. The van der Waals surface area contributed by atoms with Gasteiger partial charge in [0.05, 0.1) is 16.1 Å². The lowest BCUT2D eigenvalue weighted by atomic mass is 10.4. The molecule has 4 nitrogen and oxygen atoms in total. The topological polar surface area (TPSA) is 63.1 Å². The standard InChI is InChI=1S/C8H6N2O2S2/c1-4-6(14-3-9-4)7-10-5(2-13-7)8(11)12/h2-3H,1H3,(H,11,12). The Morgan fingerprint density at radius 3 is 2.79 bits per heavy atom. The first kappa shape index (κ1) is 9.29. The summed E-state index contributed by atoms with van der Waals surface area (Å²) in [5.41, 5.74) is 2.71. The molecule has 0 saturated carbocycles. The molecule has 2 aromatic heterocycles. The molecule has 0 bridgehead atoms. The predicted octanol–water partition coefficient (Wildman–Crippen LogP) is 2.27. The zero-order chi connectivity index (χ0) is 10.1. The lowest BCUT2D eigenvalue weighted by Gasteiger charge is -1.89. The van der Waals surface area contributed by atoms with Crippen molar-refractivity contribution in [3.05, 3.63) is 22.3 Å². The molecule has 0 aliphatic carbocycles. The Bertz CT molecular complexity index is 475. The van der Waals surface area contributed by atoms with Gasteiger partial charge < -0.3 is 5.11 Å². The van der Waals surface area contributed by atoms with Crippen molar-refractivity contribution in [2.24, 2.45) is 0 Å². The molecule has 0 amide bonds. The second kappa shape index (κ2) is 3.47. The molecule has 2 heterocycles. The minimum atomic E-state index is -0.991. The summed E-state index contributed by atoms with van der Waals surface area (Å²) in [5.74, 6) is -0.991. The molecule has 0 fully saturated rings. The Balaban J connectivity index is 2.43. The number of hydrogen-bond donors (Lipinski definition) is 1. The molecule has 0 aliphatic heterocycles. The molecule has 2 aromatic rings. The van der Waals surface area contributed by atoms with E-state index in [1.54, 1.807) is 5.51 Å². The van der Waals surface area contributed by atoms with Crippen LogP contribution in [0.15, 0.2) is 10.9 Å². The fourth-order valence-electron chi connectivity index (χ4n) is 0.983. The first-order chi connectivity index (χ1) is 6.68. The van der Waals surface area contributed by atoms with Crippen molar-refractivity contribution < 1.29 is 9.90 Å². The Hall–Kier alpha value is -1.27. The summed E-state index contributed by atoms with van der Waals surface area (Å²) in [6.45, 7) is 1.88. The van der Waals surface area contributed by atoms with E-state index in [2.05, 4.69) is 9.97 Å². The first-order valence-electron chi connectivity index (χ1n) is 3.78. The van der Waals surface area contributed by atoms with E-state index in [0.29, 0.717) is 0 Å². The number of rotatable bonds is 2. The number of carboxylic acid groups (broad SMARTS) is 1. The molecule has 0 radical (unpaired) electrons. The fraction of sp³-hybridized carbons (Fsp3) is 0.125. The van der Waals surface area contributed by atoms with Crippen molar-refractivity contribution in [2.45, 2.75) is 6.92 Å². The van der Waals surface area contributed by atoms with Gasteiger partial charge in [-0.1, -0.05) is 0 Å². The van der Waals surface area contributed by atoms with Gasteiger partial charge in [0.25, 0.3) is 0 Å². The average Bonchev–Trinajstić information content (AvgIpc) is 2.71. The normalized spacial score (nSPS) is 10.4. The zero-order valence-electron chi connectivity index (χ0n) is 7.22. The van der Waals surface area contributed by atoms with Crippen LogP contribution >= 0.6 is 22.7 Å². The number of hydrogen-bond acceptors (Lipinski definition) is 5. The largest absolute Gasteiger partial charge is 0.476 e. The van der Waals surface area contributed by atoms with Crippen molar-refractivity contribution in [1.29, 1.82) is 0 Å². The molecule has 2 rings (SSSR count). The van der Waals surface area contributed by atoms with Gasteiger partial charge in [0.2, 0.25) is 0 Å². The van der Waals surface area contributed by atoms with Crippen LogP contribution < -0.4 is 0 Å². The second-order valence-corrected chi connectivity index (χ2v) is 4.32. The third-order valence-electron chi connectivity index (χ3n) is 1.66. The van der Waals surface area contributed by atoms with Crippen molar-refractivity contribution in [3.8, 4) is 9.88 Å². The van der Waals surface area contributed by atoms with Crippen molar-refractivity contribution in [2.75, 3.05) is 0 Å². The Morgan fingerprint density at radius 1 is 1.50 bits per heavy atom. The molecular weight excluding hydrogens is 220 g/mol. The fourth-order valence-corrected chi connectivity index (χ4v) is 2.74. The molecule has 1 N–H and O–H groups in total. The summed E-state index contributed by atoms with van der Waals surface area (Å²) in [5, 5.41) is 11.0. The second-order valence-electron chi connectivity index (χ2n) is 2.61. The summed E-state index contributed by atoms with van der Waals surface area (Å²) < 4.78 is 0. The Labute approximate surface area is 87.9 Å². The van der Waals surface area contributed by atoms with Gasteiger partial charge in [0.15, 0.2) is 5.69 Å². The smallest absolute Gasteiger partial charge is 0.355 e. The van der Waals surface area contributed by atoms with E-state index in [1.165, 1.54) is 28.1 Å². The molecule has 0 aliphatic rings. The predicted molar refractivity (Wildman–Crippen MR) is 54.9 cm³/mol. The van der Waals surface area contributed by atoms with Crippen molar-refractivity contribution in [1.82, 2.24) is 9.97 Å². The van der Waals surface area contributed by atoms with Crippen LogP contribution in [-0.4, -0.2) is 21.0 Å². The molecule has 72 valence electrons. The van der Waals surface area contributed by atoms with Gasteiger partial charge in [-0.05, 0) is 6.92 Å². The zero-order valence-corrected chi connectivity index (χ0v) is 8.85. The highest BCUT2D eigenvalue weighted by atomic mass is 32.1. The van der Waals surface area contributed by atoms with E-state index in [-0.39, 0.29) is 5.69 Å². The summed E-state index contributed by atoms with van der Waals surface area (Å²) in [6.07, 6.45) is 0. The van der Waals surface area contributed by atoms with Gasteiger partial charge in [-0.2, -0.15) is 0 Å². The lowest BCUT2D eigenvalue weighted by Crippen LogP contribution is -1.95. The van der Waals surface area contributed by atoms with E-state index in [1.807, 2.05) is 6.92 Å². The van der Waals surface area contributed by atoms with Crippen LogP contribution in [-0.2, 0) is 0 Å². The molecule has 0 aromatic carbocycles. The van der Waals surface area contributed by atoms with E-state index < -0.39 is 5.97 Å². The highest BCUT2D eigenvalue weighted by Gasteiger charge is 2.12. The van der Waals surface area contributed by atoms with Crippen LogP contribution in [0, 0.1) is 6.92 Å². The highest BCUT2D eigenvalue weighted by Crippen LogP contribution is 2.29. The lowest BCUT2D eigenvalue weighted by molar-refractivity contribution is 0.0691. The number of thiazole rings is 2. The van der Waals surface area contributed by atoms with Gasteiger partial charge in [-0.25, -0.2) is 14.8 Å². The number of nitrogens with zero attached hydrogens (tertiary/aromatic N) is 2. The SMILES string of the molecule is Cc1ncsc1-c1nc(C(=O)O)cs1.